The van der Waals surface area contributed by atoms with Crippen LogP contribution in [0.15, 0.2) is 71.9 Å². The third kappa shape index (κ3) is 4.06. The Morgan fingerprint density at radius 1 is 1.07 bits per heavy atom. The molecule has 2 heterocycles. The third-order valence-corrected chi connectivity index (χ3v) is 6.40. The number of aryl methyl sites for hydroxylation is 1. The van der Waals surface area contributed by atoms with Gasteiger partial charge in [-0.3, -0.25) is 9.78 Å². The molecule has 1 N–H and O–H groups in total. The van der Waals surface area contributed by atoms with E-state index in [-0.39, 0.29) is 17.3 Å². The van der Waals surface area contributed by atoms with Gasteiger partial charge in [0.15, 0.2) is 0 Å². The van der Waals surface area contributed by atoms with Crippen LogP contribution in [0.3, 0.4) is 0 Å². The van der Waals surface area contributed by atoms with Gasteiger partial charge in [-0.2, -0.15) is 0 Å². The molecule has 0 unspecified atom stereocenters. The Bertz CT molecular complexity index is 1160. The van der Waals surface area contributed by atoms with E-state index in [9.17, 15) is 13.2 Å². The molecule has 0 spiro atoms. The number of benzene rings is 2. The molecule has 2 aromatic carbocycles. The van der Waals surface area contributed by atoms with Gasteiger partial charge in [-0.1, -0.05) is 18.2 Å². The molecule has 0 saturated carbocycles. The lowest BCUT2D eigenvalue weighted by Gasteiger charge is -2.18. The van der Waals surface area contributed by atoms with Crippen molar-refractivity contribution in [3.8, 4) is 11.1 Å². The first-order valence-corrected chi connectivity index (χ1v) is 10.8. The molecule has 0 aliphatic carbocycles. The van der Waals surface area contributed by atoms with Crippen LogP contribution in [0.5, 0.6) is 0 Å². The number of nitrogens with zero attached hydrogens (tertiary/aromatic N) is 2. The molecule has 0 fully saturated rings. The summed E-state index contributed by atoms with van der Waals surface area (Å²) in [5, 5.41) is 0. The van der Waals surface area contributed by atoms with Crippen LogP contribution in [0.4, 0.5) is 5.69 Å². The molecule has 3 aromatic rings. The first-order chi connectivity index (χ1) is 13.9. The van der Waals surface area contributed by atoms with Gasteiger partial charge >= 0.3 is 0 Å². The molecule has 1 amide bonds. The first-order valence-electron chi connectivity index (χ1n) is 9.34. The Morgan fingerprint density at radius 3 is 2.62 bits per heavy atom. The second kappa shape index (κ2) is 7.77. The van der Waals surface area contributed by atoms with E-state index in [1.54, 1.807) is 29.4 Å². The SMILES string of the molecule is Cc1cccc(S(=O)(=O)NCC(=O)N2CCc3cc(-c4ccncc4)ccc32)c1. The monoisotopic (exact) mass is 407 g/mol. The predicted molar refractivity (Wildman–Crippen MR) is 112 cm³/mol. The Morgan fingerprint density at radius 2 is 1.86 bits per heavy atom. The van der Waals surface area contributed by atoms with Crippen molar-refractivity contribution in [1.82, 2.24) is 9.71 Å². The minimum absolute atomic E-state index is 0.161. The van der Waals surface area contributed by atoms with Crippen molar-refractivity contribution in [1.29, 1.82) is 0 Å². The summed E-state index contributed by atoms with van der Waals surface area (Å²) in [5.74, 6) is -0.267. The zero-order chi connectivity index (χ0) is 20.4. The fraction of sp³-hybridized carbons (Fsp3) is 0.182. The van der Waals surface area contributed by atoms with Gasteiger partial charge in [-0.05, 0) is 72.0 Å². The smallest absolute Gasteiger partial charge is 0.242 e. The summed E-state index contributed by atoms with van der Waals surface area (Å²) in [4.78, 5) is 18.5. The number of anilines is 1. The summed E-state index contributed by atoms with van der Waals surface area (Å²) in [6.45, 7) is 2.09. The van der Waals surface area contributed by atoms with Crippen LogP contribution < -0.4 is 9.62 Å². The third-order valence-electron chi connectivity index (χ3n) is 5.00. The molecule has 29 heavy (non-hydrogen) atoms. The number of rotatable bonds is 5. The fourth-order valence-corrected chi connectivity index (χ4v) is 4.58. The van der Waals surface area contributed by atoms with E-state index < -0.39 is 10.0 Å². The summed E-state index contributed by atoms with van der Waals surface area (Å²) in [6.07, 6.45) is 4.24. The number of hydrogen-bond acceptors (Lipinski definition) is 4. The van der Waals surface area contributed by atoms with E-state index in [2.05, 4.69) is 15.8 Å². The molecular weight excluding hydrogens is 386 g/mol. The Hall–Kier alpha value is -3.03. The second-order valence-electron chi connectivity index (χ2n) is 7.02. The zero-order valence-electron chi connectivity index (χ0n) is 16.0. The highest BCUT2D eigenvalue weighted by Crippen LogP contribution is 2.32. The molecule has 1 aliphatic heterocycles. The minimum atomic E-state index is -3.73. The number of aromatic nitrogens is 1. The molecule has 0 atom stereocenters. The van der Waals surface area contributed by atoms with Gasteiger partial charge in [-0.15, -0.1) is 0 Å². The highest BCUT2D eigenvalue weighted by Gasteiger charge is 2.26. The molecule has 148 valence electrons. The van der Waals surface area contributed by atoms with E-state index in [1.807, 2.05) is 37.3 Å². The van der Waals surface area contributed by atoms with E-state index in [4.69, 9.17) is 0 Å². The van der Waals surface area contributed by atoms with Gasteiger partial charge in [0.1, 0.15) is 0 Å². The number of carbonyl (C=O) groups excluding carboxylic acids is 1. The van der Waals surface area contributed by atoms with Crippen LogP contribution in [0.1, 0.15) is 11.1 Å². The van der Waals surface area contributed by atoms with E-state index >= 15 is 0 Å². The first kappa shape index (κ1) is 19.3. The summed E-state index contributed by atoms with van der Waals surface area (Å²) in [6, 6.07) is 16.5. The number of fused-ring (bicyclic) bond motifs is 1. The largest absolute Gasteiger partial charge is 0.311 e. The molecule has 1 aliphatic rings. The van der Waals surface area contributed by atoms with E-state index in [1.165, 1.54) is 6.07 Å². The van der Waals surface area contributed by atoms with Crippen molar-refractivity contribution in [2.75, 3.05) is 18.0 Å². The molecule has 7 heteroatoms. The van der Waals surface area contributed by atoms with Gasteiger partial charge in [-0.25, -0.2) is 13.1 Å². The van der Waals surface area contributed by atoms with Crippen molar-refractivity contribution in [3.63, 3.8) is 0 Å². The maximum Gasteiger partial charge on any atom is 0.242 e. The minimum Gasteiger partial charge on any atom is -0.311 e. The molecule has 6 nitrogen and oxygen atoms in total. The van der Waals surface area contributed by atoms with Crippen molar-refractivity contribution in [2.45, 2.75) is 18.2 Å². The van der Waals surface area contributed by atoms with Crippen LogP contribution in [0.25, 0.3) is 11.1 Å². The molecule has 0 radical (unpaired) electrons. The quantitative estimate of drug-likeness (QED) is 0.705. The Labute approximate surface area is 170 Å². The highest BCUT2D eigenvalue weighted by atomic mass is 32.2. The maximum atomic E-state index is 12.7. The Balaban J connectivity index is 1.48. The summed E-state index contributed by atoms with van der Waals surface area (Å²) in [5.41, 5.74) is 4.90. The van der Waals surface area contributed by atoms with Crippen molar-refractivity contribution >= 4 is 21.6 Å². The van der Waals surface area contributed by atoms with Gasteiger partial charge < -0.3 is 4.90 Å². The standard InChI is InChI=1S/C22H21N3O3S/c1-16-3-2-4-20(13-16)29(27,28)24-15-22(26)25-12-9-19-14-18(5-6-21(19)25)17-7-10-23-11-8-17/h2-8,10-11,13-14,24H,9,12,15H2,1H3. The predicted octanol–water partition coefficient (Wildman–Crippen LogP) is 2.92. The second-order valence-corrected chi connectivity index (χ2v) is 8.78. The van der Waals surface area contributed by atoms with Gasteiger partial charge in [0.2, 0.25) is 15.9 Å². The lowest BCUT2D eigenvalue weighted by molar-refractivity contribution is -0.117. The average molecular weight is 407 g/mol. The van der Waals surface area contributed by atoms with Crippen LogP contribution in [-0.2, 0) is 21.2 Å². The number of pyridine rings is 1. The van der Waals surface area contributed by atoms with E-state index in [0.717, 1.165) is 34.4 Å². The molecule has 1 aromatic heterocycles. The summed E-state index contributed by atoms with van der Waals surface area (Å²) >= 11 is 0. The van der Waals surface area contributed by atoms with Gasteiger partial charge in [0, 0.05) is 24.6 Å². The van der Waals surface area contributed by atoms with Crippen molar-refractivity contribution < 1.29 is 13.2 Å². The lowest BCUT2D eigenvalue weighted by Crippen LogP contribution is -2.39. The topological polar surface area (TPSA) is 79.4 Å². The lowest BCUT2D eigenvalue weighted by atomic mass is 10.0. The van der Waals surface area contributed by atoms with Crippen LogP contribution in [0, 0.1) is 6.92 Å². The normalized spacial score (nSPS) is 13.3. The maximum absolute atomic E-state index is 12.7. The number of carbonyl (C=O) groups is 1. The van der Waals surface area contributed by atoms with Crippen LogP contribution in [-0.4, -0.2) is 32.4 Å². The summed E-state index contributed by atoms with van der Waals surface area (Å²) < 4.78 is 27.3. The number of nitrogens with one attached hydrogen (secondary N) is 1. The number of sulfonamides is 1. The van der Waals surface area contributed by atoms with Crippen molar-refractivity contribution in [2.24, 2.45) is 0 Å². The highest BCUT2D eigenvalue weighted by molar-refractivity contribution is 7.89. The zero-order valence-corrected chi connectivity index (χ0v) is 16.8. The van der Waals surface area contributed by atoms with Crippen molar-refractivity contribution in [3.05, 3.63) is 78.1 Å². The molecule has 0 bridgehead atoms. The van der Waals surface area contributed by atoms with Gasteiger partial charge in [0.05, 0.1) is 11.4 Å². The van der Waals surface area contributed by atoms with Crippen LogP contribution >= 0.6 is 0 Å². The summed E-state index contributed by atoms with van der Waals surface area (Å²) in [7, 11) is -3.73. The number of hydrogen-bond donors (Lipinski definition) is 1. The molecular formula is C22H21N3O3S. The Kier molecular flexibility index (Phi) is 5.17. The molecule has 0 saturated heterocycles. The van der Waals surface area contributed by atoms with Gasteiger partial charge in [0.25, 0.3) is 0 Å². The fourth-order valence-electron chi connectivity index (χ4n) is 3.50. The average Bonchev–Trinajstić information content (AvgIpc) is 3.16. The molecule has 4 rings (SSSR count). The number of amides is 1. The van der Waals surface area contributed by atoms with E-state index in [0.29, 0.717) is 6.54 Å². The van der Waals surface area contributed by atoms with Crippen LogP contribution in [0.2, 0.25) is 0 Å².